The summed E-state index contributed by atoms with van der Waals surface area (Å²) in [4.78, 5) is 26.3. The van der Waals surface area contributed by atoms with E-state index in [-0.39, 0.29) is 36.9 Å². The van der Waals surface area contributed by atoms with Crippen molar-refractivity contribution in [2.24, 2.45) is 0 Å². The molecular formula is C20H18N2O5. The van der Waals surface area contributed by atoms with Gasteiger partial charge in [-0.1, -0.05) is 24.3 Å². The van der Waals surface area contributed by atoms with Gasteiger partial charge in [-0.15, -0.1) is 0 Å². The molecule has 1 aliphatic rings. The molecule has 0 spiro atoms. The van der Waals surface area contributed by atoms with E-state index in [9.17, 15) is 14.7 Å². The van der Waals surface area contributed by atoms with Gasteiger partial charge in [-0.05, 0) is 18.2 Å². The SMILES string of the molecule is COC(=O)C1=C(Nc2cccc3oc4ccccc4c23)C(=O)N(CCO)C1. The van der Waals surface area contributed by atoms with Crippen molar-refractivity contribution in [3.63, 3.8) is 0 Å². The standard InChI is InChI=1S/C20H18N2O5/c1-26-20(25)13-11-22(9-10-23)19(24)18(13)21-14-6-4-8-16-17(14)12-5-2-3-7-15(12)27-16/h2-8,21,23H,9-11H2,1H3. The molecule has 0 aliphatic carbocycles. The number of benzene rings is 2. The first-order valence-corrected chi connectivity index (χ1v) is 8.53. The van der Waals surface area contributed by atoms with Crippen LogP contribution in [-0.2, 0) is 14.3 Å². The fourth-order valence-corrected chi connectivity index (χ4v) is 3.36. The molecule has 0 bridgehead atoms. The number of ether oxygens (including phenoxy) is 1. The molecule has 138 valence electrons. The molecule has 1 amide bonds. The van der Waals surface area contributed by atoms with E-state index >= 15 is 0 Å². The molecule has 0 saturated heterocycles. The van der Waals surface area contributed by atoms with E-state index in [1.165, 1.54) is 12.0 Å². The average Bonchev–Trinajstić information content (AvgIpc) is 3.21. The molecule has 1 aromatic heterocycles. The van der Waals surface area contributed by atoms with Crippen LogP contribution in [0.4, 0.5) is 5.69 Å². The van der Waals surface area contributed by atoms with E-state index in [0.717, 1.165) is 16.4 Å². The summed E-state index contributed by atoms with van der Waals surface area (Å²) in [6.45, 7) is 0.0509. The van der Waals surface area contributed by atoms with Crippen LogP contribution < -0.4 is 5.32 Å². The first-order valence-electron chi connectivity index (χ1n) is 8.53. The monoisotopic (exact) mass is 366 g/mol. The van der Waals surface area contributed by atoms with Crippen molar-refractivity contribution in [2.45, 2.75) is 0 Å². The Morgan fingerprint density at radius 2 is 2.00 bits per heavy atom. The Bertz CT molecular complexity index is 1080. The summed E-state index contributed by atoms with van der Waals surface area (Å²) in [5.41, 5.74) is 2.48. The highest BCUT2D eigenvalue weighted by molar-refractivity contribution is 6.14. The fraction of sp³-hybridized carbons (Fsp3) is 0.200. The van der Waals surface area contributed by atoms with E-state index in [2.05, 4.69) is 5.32 Å². The summed E-state index contributed by atoms with van der Waals surface area (Å²) >= 11 is 0. The van der Waals surface area contributed by atoms with Crippen molar-refractivity contribution < 1.29 is 23.8 Å². The quantitative estimate of drug-likeness (QED) is 0.673. The summed E-state index contributed by atoms with van der Waals surface area (Å²) in [6, 6.07) is 13.1. The van der Waals surface area contributed by atoms with Gasteiger partial charge < -0.3 is 24.5 Å². The van der Waals surface area contributed by atoms with Crippen molar-refractivity contribution in [1.29, 1.82) is 0 Å². The number of esters is 1. The van der Waals surface area contributed by atoms with Gasteiger partial charge in [0.25, 0.3) is 5.91 Å². The van der Waals surface area contributed by atoms with E-state index in [0.29, 0.717) is 11.3 Å². The van der Waals surface area contributed by atoms with Gasteiger partial charge >= 0.3 is 5.97 Å². The molecule has 4 rings (SSSR count). The maximum Gasteiger partial charge on any atom is 0.337 e. The third-order valence-corrected chi connectivity index (χ3v) is 4.62. The Morgan fingerprint density at radius 3 is 2.78 bits per heavy atom. The van der Waals surface area contributed by atoms with Gasteiger partial charge in [-0.3, -0.25) is 4.79 Å². The van der Waals surface area contributed by atoms with Gasteiger partial charge in [0.05, 0.1) is 36.9 Å². The van der Waals surface area contributed by atoms with Crippen LogP contribution in [0.2, 0.25) is 0 Å². The van der Waals surface area contributed by atoms with E-state index in [1.807, 2.05) is 42.5 Å². The predicted molar refractivity (Wildman–Crippen MR) is 100 cm³/mol. The maximum absolute atomic E-state index is 12.7. The van der Waals surface area contributed by atoms with Crippen LogP contribution in [-0.4, -0.2) is 48.7 Å². The number of para-hydroxylation sites is 1. The van der Waals surface area contributed by atoms with Crippen LogP contribution in [0.15, 0.2) is 58.2 Å². The van der Waals surface area contributed by atoms with Crippen molar-refractivity contribution in [2.75, 3.05) is 32.1 Å². The number of amides is 1. The zero-order valence-corrected chi connectivity index (χ0v) is 14.7. The zero-order valence-electron chi connectivity index (χ0n) is 14.7. The van der Waals surface area contributed by atoms with E-state index in [4.69, 9.17) is 9.15 Å². The number of nitrogens with zero attached hydrogens (tertiary/aromatic N) is 1. The fourth-order valence-electron chi connectivity index (χ4n) is 3.36. The number of aliphatic hydroxyl groups excluding tert-OH is 1. The number of anilines is 1. The molecule has 0 fully saturated rings. The minimum atomic E-state index is -0.574. The van der Waals surface area contributed by atoms with Crippen LogP contribution >= 0.6 is 0 Å². The summed E-state index contributed by atoms with van der Waals surface area (Å²) < 4.78 is 10.7. The second-order valence-electron chi connectivity index (χ2n) is 6.20. The molecule has 27 heavy (non-hydrogen) atoms. The topological polar surface area (TPSA) is 92.0 Å². The molecule has 0 unspecified atom stereocenters. The van der Waals surface area contributed by atoms with Gasteiger partial charge in [0, 0.05) is 11.9 Å². The second kappa shape index (κ2) is 6.77. The number of hydrogen-bond acceptors (Lipinski definition) is 6. The molecule has 3 aromatic rings. The van der Waals surface area contributed by atoms with Crippen LogP contribution in [0.3, 0.4) is 0 Å². The number of carbonyl (C=O) groups excluding carboxylic acids is 2. The number of rotatable bonds is 5. The number of methoxy groups -OCH3 is 1. The van der Waals surface area contributed by atoms with Crippen LogP contribution in [0, 0.1) is 0 Å². The highest BCUT2D eigenvalue weighted by Crippen LogP contribution is 2.35. The van der Waals surface area contributed by atoms with Gasteiger partial charge in [-0.2, -0.15) is 0 Å². The molecule has 7 heteroatoms. The smallest absolute Gasteiger partial charge is 0.337 e. The Kier molecular flexibility index (Phi) is 4.29. The van der Waals surface area contributed by atoms with Gasteiger partial charge in [0.1, 0.15) is 16.9 Å². The number of carbonyl (C=O) groups is 2. The van der Waals surface area contributed by atoms with E-state index in [1.54, 1.807) is 0 Å². The molecule has 2 N–H and O–H groups in total. The summed E-state index contributed by atoms with van der Waals surface area (Å²) in [6.07, 6.45) is 0. The van der Waals surface area contributed by atoms with Crippen molar-refractivity contribution in [3.8, 4) is 0 Å². The third-order valence-electron chi connectivity index (χ3n) is 4.62. The van der Waals surface area contributed by atoms with Gasteiger partial charge in [-0.25, -0.2) is 4.79 Å². The highest BCUT2D eigenvalue weighted by atomic mass is 16.5. The third kappa shape index (κ3) is 2.82. The number of aliphatic hydroxyl groups is 1. The number of fused-ring (bicyclic) bond motifs is 3. The van der Waals surface area contributed by atoms with Crippen molar-refractivity contribution in [3.05, 3.63) is 53.7 Å². The Balaban J connectivity index is 1.82. The second-order valence-corrected chi connectivity index (χ2v) is 6.20. The molecule has 7 nitrogen and oxygen atoms in total. The minimum Gasteiger partial charge on any atom is -0.466 e. The largest absolute Gasteiger partial charge is 0.466 e. The zero-order chi connectivity index (χ0) is 19.0. The Labute approximate surface area is 154 Å². The van der Waals surface area contributed by atoms with Crippen LogP contribution in [0.5, 0.6) is 0 Å². The number of nitrogens with one attached hydrogen (secondary N) is 1. The van der Waals surface area contributed by atoms with Crippen LogP contribution in [0.1, 0.15) is 0 Å². The van der Waals surface area contributed by atoms with Gasteiger partial charge in [0.15, 0.2) is 0 Å². The first kappa shape index (κ1) is 17.1. The lowest BCUT2D eigenvalue weighted by atomic mass is 10.1. The predicted octanol–water partition coefficient (Wildman–Crippen LogP) is 2.26. The molecule has 2 aromatic carbocycles. The molecule has 0 atom stereocenters. The van der Waals surface area contributed by atoms with Crippen LogP contribution in [0.25, 0.3) is 21.9 Å². The summed E-state index contributed by atoms with van der Waals surface area (Å²) in [5, 5.41) is 14.0. The highest BCUT2D eigenvalue weighted by Gasteiger charge is 2.34. The van der Waals surface area contributed by atoms with Gasteiger partial charge in [0.2, 0.25) is 0 Å². The average molecular weight is 366 g/mol. The number of furan rings is 1. The molecule has 1 aliphatic heterocycles. The van der Waals surface area contributed by atoms with E-state index < -0.39 is 5.97 Å². The number of hydrogen-bond donors (Lipinski definition) is 2. The minimum absolute atomic E-state index is 0.0938. The lowest BCUT2D eigenvalue weighted by molar-refractivity contribution is -0.136. The molecule has 0 radical (unpaired) electrons. The Morgan fingerprint density at radius 1 is 1.22 bits per heavy atom. The van der Waals surface area contributed by atoms with Crippen molar-refractivity contribution in [1.82, 2.24) is 4.90 Å². The molecular weight excluding hydrogens is 348 g/mol. The number of β-amino-alcohol motifs (C(OH)–C–C–N with tert-alkyl or cyclic N) is 1. The Hall–Kier alpha value is -3.32. The summed E-state index contributed by atoms with van der Waals surface area (Å²) in [7, 11) is 1.27. The van der Waals surface area contributed by atoms with Crippen molar-refractivity contribution >= 4 is 39.5 Å². The lowest BCUT2D eigenvalue weighted by Gasteiger charge is -2.15. The normalized spacial score (nSPS) is 14.4. The maximum atomic E-state index is 12.7. The molecule has 0 saturated carbocycles. The summed E-state index contributed by atoms with van der Waals surface area (Å²) in [5.74, 6) is -0.926. The lowest BCUT2D eigenvalue weighted by Crippen LogP contribution is -2.31. The molecule has 2 heterocycles. The first-order chi connectivity index (χ1) is 13.1.